The van der Waals surface area contributed by atoms with E-state index in [0.717, 1.165) is 0 Å². The molecule has 0 aromatic rings. The van der Waals surface area contributed by atoms with E-state index >= 15 is 0 Å². The first-order chi connectivity index (χ1) is 5.20. The molecule has 19 heavy (non-hydrogen) atoms. The molecule has 0 unspecified atom stereocenters. The Balaban J connectivity index is -0.00000000675. The van der Waals surface area contributed by atoms with Gasteiger partial charge in [-0.2, -0.15) is 0 Å². The van der Waals surface area contributed by atoms with Gasteiger partial charge in [-0.25, -0.2) is 0 Å². The van der Waals surface area contributed by atoms with Crippen molar-refractivity contribution in [2.75, 3.05) is 0 Å². The molecular formula is Cr2Fe2O12Si3. The molecule has 0 spiro atoms. The van der Waals surface area contributed by atoms with E-state index in [0.29, 0.717) is 0 Å². The van der Waals surface area contributed by atoms with Crippen molar-refractivity contribution >= 4 is 27.5 Å². The minimum atomic E-state index is -3.63. The molecule has 0 aliphatic heterocycles. The second-order valence-corrected chi connectivity index (χ2v) is 2.25. The van der Waals surface area contributed by atoms with Crippen molar-refractivity contribution in [1.82, 2.24) is 0 Å². The number of hydrogen-bond acceptors (Lipinski definition) is 9. The predicted molar refractivity (Wildman–Crippen MR) is 21.4 cm³/mol. The molecule has 12 nitrogen and oxygen atoms in total. The third-order valence-corrected chi connectivity index (χ3v) is 0. The Bertz CT molecular complexity index is 127. The summed E-state index contributed by atoms with van der Waals surface area (Å²) >= 11 is 0. The quantitative estimate of drug-likeness (QED) is 0.290. The molecule has 0 saturated heterocycles. The van der Waals surface area contributed by atoms with Crippen LogP contribution in [0.25, 0.3) is 0 Å². The van der Waals surface area contributed by atoms with Crippen LogP contribution in [0.2, 0.25) is 0 Å². The minimum absolute atomic E-state index is 0. The Morgan fingerprint density at radius 3 is 0.474 bits per heavy atom. The summed E-state index contributed by atoms with van der Waals surface area (Å²) in [5, 5.41) is 0. The molecule has 0 aromatic heterocycles. The summed E-state index contributed by atoms with van der Waals surface area (Å²) in [6.45, 7) is 0. The van der Waals surface area contributed by atoms with Gasteiger partial charge in [-0.05, 0) is 0 Å². The SMILES string of the molecule is O=[Si]([O-])[O-].O=[Si]([O-])[O-].O=[Si]([O-])[O-].[Cr+3].[Cr+3].[Fe+3].[Fe+3].[O-2].[O-2].[O-2]. The first kappa shape index (κ1) is 72.7. The molecule has 0 aromatic carbocycles. The summed E-state index contributed by atoms with van der Waals surface area (Å²) < 4.78 is 25.6. The standard InChI is InChI=1S/2Cr.2Fe.3O3Si.3O/c;;;;3*1-4(2)3;;;/q4*+3;6*-2. The van der Waals surface area contributed by atoms with Crippen LogP contribution < -0.4 is 28.8 Å². The van der Waals surface area contributed by atoms with Crippen LogP contribution in [0, 0.1) is 0 Å². The average molecular weight is 492 g/mol. The van der Waals surface area contributed by atoms with Gasteiger partial charge in [-0.15, -0.1) is 0 Å². The van der Waals surface area contributed by atoms with Gasteiger partial charge in [0.1, 0.15) is 0 Å². The molecule has 112 valence electrons. The zero-order valence-corrected chi connectivity index (χ0v) is 15.7. The van der Waals surface area contributed by atoms with E-state index in [1.807, 2.05) is 0 Å². The van der Waals surface area contributed by atoms with E-state index in [4.69, 9.17) is 42.2 Å². The van der Waals surface area contributed by atoms with E-state index in [1.54, 1.807) is 0 Å². The van der Waals surface area contributed by atoms with Crippen molar-refractivity contribution in [3.8, 4) is 0 Å². The van der Waals surface area contributed by atoms with Gasteiger partial charge in [0.2, 0.25) is 0 Å². The van der Waals surface area contributed by atoms with Gasteiger partial charge in [-0.3, -0.25) is 0 Å². The fourth-order valence-electron chi connectivity index (χ4n) is 0. The molecule has 0 atom stereocenters. The van der Waals surface area contributed by atoms with E-state index in [9.17, 15) is 0 Å². The van der Waals surface area contributed by atoms with Crippen LogP contribution in [-0.4, -0.2) is 27.5 Å². The topological polar surface area (TPSA) is 275 Å². The zero-order valence-electron chi connectivity index (χ0n) is 7.92. The molecule has 0 fully saturated rings. The Hall–Kier alpha value is 0.835. The Labute approximate surface area is 154 Å². The van der Waals surface area contributed by atoms with Gasteiger partial charge in [-0.1, -0.05) is 0 Å². The maximum atomic E-state index is 8.52. The molecule has 0 heterocycles. The maximum Gasteiger partial charge on any atom is 3.00 e. The second kappa shape index (κ2) is 61.9. The summed E-state index contributed by atoms with van der Waals surface area (Å²) in [7, 11) is -10.9. The molecule has 0 amide bonds. The maximum absolute atomic E-state index is 8.52. The molecule has 0 aliphatic carbocycles. The molecule has 0 bridgehead atoms. The largest absolute Gasteiger partial charge is 3.00 e. The molecule has 0 N–H and O–H groups in total. The van der Waals surface area contributed by atoms with Crippen LogP contribution in [0.4, 0.5) is 0 Å². The summed E-state index contributed by atoms with van der Waals surface area (Å²) in [6, 6.07) is 0. The van der Waals surface area contributed by atoms with Crippen molar-refractivity contribution in [2.45, 2.75) is 0 Å². The molecular weight excluding hydrogens is 492 g/mol. The fourth-order valence-corrected chi connectivity index (χ4v) is 0. The van der Waals surface area contributed by atoms with Crippen LogP contribution in [0.3, 0.4) is 0 Å². The summed E-state index contributed by atoms with van der Waals surface area (Å²) in [5.74, 6) is 0. The fraction of sp³-hybridized carbons (Fsp3) is 0. The van der Waals surface area contributed by atoms with Gasteiger partial charge in [0.15, 0.2) is 0 Å². The van der Waals surface area contributed by atoms with Crippen LogP contribution in [-0.2, 0) is 98.7 Å². The Morgan fingerprint density at radius 2 is 0.474 bits per heavy atom. The van der Waals surface area contributed by atoms with E-state index in [2.05, 4.69) is 0 Å². The van der Waals surface area contributed by atoms with E-state index < -0.39 is 27.5 Å². The first-order valence-electron chi connectivity index (χ1n) is 1.84. The van der Waals surface area contributed by atoms with Gasteiger partial charge in [0.25, 0.3) is 0 Å². The van der Waals surface area contributed by atoms with Crippen LogP contribution in [0.5, 0.6) is 0 Å². The molecule has 0 aliphatic rings. The predicted octanol–water partition coefficient (Wildman–Crippen LogP) is -9.00. The third kappa shape index (κ3) is 7660. The summed E-state index contributed by atoms with van der Waals surface area (Å²) in [6.07, 6.45) is 0. The number of hydrogen-bond donors (Lipinski definition) is 0. The van der Waals surface area contributed by atoms with E-state index in [1.165, 1.54) is 0 Å². The van der Waals surface area contributed by atoms with Crippen LogP contribution >= 0.6 is 0 Å². The molecule has 19 heteroatoms. The Kier molecular flexibility index (Phi) is 237. The van der Waals surface area contributed by atoms with E-state index in [-0.39, 0.29) is 85.3 Å². The summed E-state index contributed by atoms with van der Waals surface area (Å²) in [5.41, 5.74) is 0. The molecule has 0 rings (SSSR count). The summed E-state index contributed by atoms with van der Waals surface area (Å²) in [4.78, 5) is 51.1. The molecule has 4 radical (unpaired) electrons. The first-order valence-corrected chi connectivity index (χ1v) is 5.51. The van der Waals surface area contributed by atoms with Gasteiger partial charge in [0.05, 0.1) is 0 Å². The monoisotopic (exact) mass is 492 g/mol. The van der Waals surface area contributed by atoms with Gasteiger partial charge < -0.3 is 58.6 Å². The van der Waals surface area contributed by atoms with Crippen molar-refractivity contribution < 1.29 is 127 Å². The minimum Gasteiger partial charge on any atom is -2.00 e. The van der Waals surface area contributed by atoms with Crippen LogP contribution in [0.1, 0.15) is 0 Å². The zero-order chi connectivity index (χ0) is 10.7. The van der Waals surface area contributed by atoms with Crippen molar-refractivity contribution in [1.29, 1.82) is 0 Å². The number of rotatable bonds is 0. The second-order valence-electron chi connectivity index (χ2n) is 0.750. The van der Waals surface area contributed by atoms with Crippen molar-refractivity contribution in [3.63, 3.8) is 0 Å². The van der Waals surface area contributed by atoms with Crippen molar-refractivity contribution in [3.05, 3.63) is 0 Å². The third-order valence-electron chi connectivity index (χ3n) is 0. The van der Waals surface area contributed by atoms with Gasteiger partial charge >= 0.3 is 68.9 Å². The molecule has 0 saturated carbocycles. The normalized spacial score (nSPS) is 3.79. The Morgan fingerprint density at radius 1 is 0.474 bits per heavy atom. The van der Waals surface area contributed by atoms with Crippen molar-refractivity contribution in [2.24, 2.45) is 0 Å². The van der Waals surface area contributed by atoms with Gasteiger partial charge in [0, 0.05) is 27.5 Å². The smallest absolute Gasteiger partial charge is 2.00 e. The average Bonchev–Trinajstić information content (AvgIpc) is 1.54. The van der Waals surface area contributed by atoms with Crippen LogP contribution in [0.15, 0.2) is 0 Å².